The molecule has 0 aromatic carbocycles. The molecule has 0 saturated carbocycles. The van der Waals surface area contributed by atoms with Gasteiger partial charge in [0.25, 0.3) is 5.91 Å². The van der Waals surface area contributed by atoms with Gasteiger partial charge in [0.2, 0.25) is 0 Å². The van der Waals surface area contributed by atoms with Gasteiger partial charge < -0.3 is 10.4 Å². The summed E-state index contributed by atoms with van der Waals surface area (Å²) in [5, 5.41) is 11.6. The molecule has 1 aromatic heterocycles. The molecule has 1 amide bonds. The summed E-state index contributed by atoms with van der Waals surface area (Å²) >= 11 is 1.37. The van der Waals surface area contributed by atoms with E-state index in [4.69, 9.17) is 5.11 Å². The highest BCUT2D eigenvalue weighted by molar-refractivity contribution is 7.11. The molecule has 0 spiro atoms. The first-order chi connectivity index (χ1) is 7.69. The van der Waals surface area contributed by atoms with Crippen LogP contribution in [0.25, 0.3) is 0 Å². The first kappa shape index (κ1) is 13.1. The van der Waals surface area contributed by atoms with E-state index in [0.717, 1.165) is 12.1 Å². The van der Waals surface area contributed by atoms with Crippen LogP contribution in [0.4, 0.5) is 0 Å². The third-order valence-corrected chi connectivity index (χ3v) is 3.28. The van der Waals surface area contributed by atoms with Gasteiger partial charge in [0.1, 0.15) is 4.88 Å². The summed E-state index contributed by atoms with van der Waals surface area (Å²) in [6.07, 6.45) is 1.49. The number of thiazole rings is 1. The zero-order valence-electron chi connectivity index (χ0n) is 9.69. The van der Waals surface area contributed by atoms with Crippen LogP contribution in [0.1, 0.15) is 35.6 Å². The van der Waals surface area contributed by atoms with Gasteiger partial charge >= 0.3 is 0 Å². The van der Waals surface area contributed by atoms with Crippen molar-refractivity contribution in [1.29, 1.82) is 0 Å². The van der Waals surface area contributed by atoms with Crippen LogP contribution in [0.5, 0.6) is 0 Å². The van der Waals surface area contributed by atoms with Crippen LogP contribution in [0.2, 0.25) is 0 Å². The second-order valence-corrected chi connectivity index (χ2v) is 4.66. The molecular weight excluding hydrogens is 224 g/mol. The molecule has 0 fully saturated rings. The fourth-order valence-corrected chi connectivity index (χ4v) is 2.17. The lowest BCUT2D eigenvalue weighted by atomic mass is 10.1. The molecule has 2 N–H and O–H groups in total. The van der Waals surface area contributed by atoms with Gasteiger partial charge in [-0.2, -0.15) is 0 Å². The van der Waals surface area contributed by atoms with Gasteiger partial charge in [0.05, 0.1) is 11.2 Å². The van der Waals surface area contributed by atoms with Gasteiger partial charge in [-0.1, -0.05) is 13.8 Å². The topological polar surface area (TPSA) is 62.2 Å². The lowest BCUT2D eigenvalue weighted by Crippen LogP contribution is -2.28. The number of rotatable bonds is 6. The fourth-order valence-electron chi connectivity index (χ4n) is 1.38. The molecule has 1 aromatic rings. The lowest BCUT2D eigenvalue weighted by Gasteiger charge is -2.10. The number of aliphatic hydroxyl groups excluding tert-OH is 1. The Bertz CT molecular complexity index is 338. The van der Waals surface area contributed by atoms with E-state index < -0.39 is 0 Å². The molecule has 16 heavy (non-hydrogen) atoms. The summed E-state index contributed by atoms with van der Waals surface area (Å²) in [5.74, 6) is 0.246. The van der Waals surface area contributed by atoms with Crippen molar-refractivity contribution in [2.75, 3.05) is 13.2 Å². The van der Waals surface area contributed by atoms with Gasteiger partial charge in [-0.05, 0) is 18.8 Å². The minimum Gasteiger partial charge on any atom is -0.396 e. The van der Waals surface area contributed by atoms with E-state index >= 15 is 0 Å². The average molecular weight is 242 g/mol. The van der Waals surface area contributed by atoms with Gasteiger partial charge in [0.15, 0.2) is 0 Å². The van der Waals surface area contributed by atoms with E-state index in [-0.39, 0.29) is 12.5 Å². The van der Waals surface area contributed by atoms with Crippen LogP contribution in [0, 0.1) is 5.92 Å². The van der Waals surface area contributed by atoms with Gasteiger partial charge in [-0.25, -0.2) is 4.98 Å². The lowest BCUT2D eigenvalue weighted by molar-refractivity contribution is 0.0948. The minimum atomic E-state index is -0.0517. The summed E-state index contributed by atoms with van der Waals surface area (Å²) in [7, 11) is 0. The van der Waals surface area contributed by atoms with E-state index in [9.17, 15) is 4.79 Å². The summed E-state index contributed by atoms with van der Waals surface area (Å²) in [6.45, 7) is 4.75. The van der Waals surface area contributed by atoms with Crippen LogP contribution >= 0.6 is 11.3 Å². The third kappa shape index (κ3) is 3.57. The minimum absolute atomic E-state index is 0.0517. The number of hydrogen-bond donors (Lipinski definition) is 2. The Labute approximate surface area is 99.7 Å². The molecule has 0 saturated heterocycles. The molecule has 90 valence electrons. The molecule has 1 rings (SSSR count). The maximum Gasteiger partial charge on any atom is 0.263 e. The molecular formula is C11H18N2O2S. The number of amides is 1. The predicted molar refractivity (Wildman–Crippen MR) is 64.7 cm³/mol. The molecule has 0 aliphatic rings. The Morgan fingerprint density at radius 3 is 3.06 bits per heavy atom. The number of aliphatic hydroxyl groups is 1. The van der Waals surface area contributed by atoms with Crippen LogP contribution in [-0.2, 0) is 6.42 Å². The molecule has 1 atom stereocenters. The van der Waals surface area contributed by atoms with Crippen molar-refractivity contribution in [1.82, 2.24) is 10.3 Å². The molecule has 4 nitrogen and oxygen atoms in total. The Balaban J connectivity index is 2.46. The van der Waals surface area contributed by atoms with Crippen molar-refractivity contribution in [2.24, 2.45) is 5.92 Å². The zero-order chi connectivity index (χ0) is 12.0. The Hall–Kier alpha value is -0.940. The summed E-state index contributed by atoms with van der Waals surface area (Å²) in [5.41, 5.74) is 2.56. The number of carbonyl (C=O) groups excluding carboxylic acids is 1. The molecule has 1 heterocycles. The highest BCUT2D eigenvalue weighted by Gasteiger charge is 2.13. The standard InChI is InChI=1S/C11H18N2O2S/c1-3-9-10(16-7-13-9)11(15)12-6-8(2)4-5-14/h7-8,14H,3-6H2,1-2H3,(H,12,15). The van der Waals surface area contributed by atoms with Crippen LogP contribution in [0.15, 0.2) is 5.51 Å². The number of carbonyl (C=O) groups is 1. The highest BCUT2D eigenvalue weighted by Crippen LogP contribution is 2.13. The molecule has 0 radical (unpaired) electrons. The van der Waals surface area contributed by atoms with Crippen molar-refractivity contribution in [3.8, 4) is 0 Å². The molecule has 0 aliphatic heterocycles. The van der Waals surface area contributed by atoms with Crippen LogP contribution in [-0.4, -0.2) is 29.1 Å². The Kier molecular flexibility index (Phi) is 5.42. The summed E-state index contributed by atoms with van der Waals surface area (Å²) in [4.78, 5) is 16.6. The normalized spacial score (nSPS) is 12.4. The smallest absolute Gasteiger partial charge is 0.263 e. The first-order valence-corrected chi connectivity index (χ1v) is 6.38. The van der Waals surface area contributed by atoms with Crippen molar-refractivity contribution >= 4 is 17.2 Å². The van der Waals surface area contributed by atoms with E-state index in [0.29, 0.717) is 23.8 Å². The number of nitrogens with zero attached hydrogens (tertiary/aromatic N) is 1. The Morgan fingerprint density at radius 2 is 2.44 bits per heavy atom. The van der Waals surface area contributed by atoms with E-state index in [1.165, 1.54) is 11.3 Å². The zero-order valence-corrected chi connectivity index (χ0v) is 10.5. The number of hydrogen-bond acceptors (Lipinski definition) is 4. The second-order valence-electron chi connectivity index (χ2n) is 3.81. The number of aryl methyl sites for hydroxylation is 1. The largest absolute Gasteiger partial charge is 0.396 e. The van der Waals surface area contributed by atoms with Crippen molar-refractivity contribution in [3.63, 3.8) is 0 Å². The highest BCUT2D eigenvalue weighted by atomic mass is 32.1. The monoisotopic (exact) mass is 242 g/mol. The third-order valence-electron chi connectivity index (χ3n) is 2.42. The van der Waals surface area contributed by atoms with Gasteiger partial charge in [-0.15, -0.1) is 11.3 Å². The maximum atomic E-state index is 11.8. The first-order valence-electron chi connectivity index (χ1n) is 5.50. The summed E-state index contributed by atoms with van der Waals surface area (Å²) < 4.78 is 0. The predicted octanol–water partition coefficient (Wildman–Crippen LogP) is 1.45. The van der Waals surface area contributed by atoms with E-state index in [1.54, 1.807) is 5.51 Å². The van der Waals surface area contributed by atoms with E-state index in [1.807, 2.05) is 13.8 Å². The summed E-state index contributed by atoms with van der Waals surface area (Å²) in [6, 6.07) is 0. The van der Waals surface area contributed by atoms with Gasteiger partial charge in [-0.3, -0.25) is 4.79 Å². The number of nitrogens with one attached hydrogen (secondary N) is 1. The molecule has 1 unspecified atom stereocenters. The maximum absolute atomic E-state index is 11.8. The van der Waals surface area contributed by atoms with Crippen molar-refractivity contribution in [2.45, 2.75) is 26.7 Å². The van der Waals surface area contributed by atoms with Gasteiger partial charge in [0, 0.05) is 13.2 Å². The fraction of sp³-hybridized carbons (Fsp3) is 0.636. The molecule has 0 bridgehead atoms. The number of aromatic nitrogens is 1. The van der Waals surface area contributed by atoms with E-state index in [2.05, 4.69) is 10.3 Å². The second kappa shape index (κ2) is 6.60. The van der Waals surface area contributed by atoms with Crippen molar-refractivity contribution in [3.05, 3.63) is 16.1 Å². The van der Waals surface area contributed by atoms with Crippen LogP contribution in [0.3, 0.4) is 0 Å². The SMILES string of the molecule is CCc1ncsc1C(=O)NCC(C)CCO. The Morgan fingerprint density at radius 1 is 1.69 bits per heavy atom. The quantitative estimate of drug-likeness (QED) is 0.793. The average Bonchev–Trinajstić information content (AvgIpc) is 2.74. The molecule has 5 heteroatoms. The molecule has 0 aliphatic carbocycles. The van der Waals surface area contributed by atoms with Crippen LogP contribution < -0.4 is 5.32 Å². The van der Waals surface area contributed by atoms with Crippen molar-refractivity contribution < 1.29 is 9.90 Å².